The van der Waals surface area contributed by atoms with Crippen molar-refractivity contribution in [3.63, 3.8) is 0 Å². The Labute approximate surface area is 208 Å². The number of amides is 1. The number of aromatic amines is 1. The molecule has 2 heterocycles. The van der Waals surface area contributed by atoms with E-state index in [1.54, 1.807) is 19.4 Å². The number of ether oxygens (including phenoxy) is 1. The molecule has 0 aliphatic carbocycles. The molecule has 0 unspecified atom stereocenters. The van der Waals surface area contributed by atoms with Crippen molar-refractivity contribution in [2.24, 2.45) is 0 Å². The minimum absolute atomic E-state index is 0.144. The number of aromatic nitrogens is 1. The van der Waals surface area contributed by atoms with Crippen molar-refractivity contribution in [1.29, 1.82) is 0 Å². The molecule has 2 N–H and O–H groups in total. The van der Waals surface area contributed by atoms with Crippen molar-refractivity contribution in [3.8, 4) is 16.9 Å². The number of carbonyl (C=O) groups is 1. The van der Waals surface area contributed by atoms with Crippen LogP contribution in [-0.4, -0.2) is 24.5 Å². The topological polar surface area (TPSA) is 67.3 Å². The first-order valence-electron chi connectivity index (χ1n) is 11.4. The van der Waals surface area contributed by atoms with Crippen LogP contribution in [0.5, 0.6) is 5.75 Å². The molecule has 176 valence electrons. The van der Waals surface area contributed by atoms with Gasteiger partial charge in [0.2, 0.25) is 5.91 Å². The first-order chi connectivity index (χ1) is 17.0. The monoisotopic (exact) mass is 484 g/mol. The van der Waals surface area contributed by atoms with E-state index in [0.29, 0.717) is 22.9 Å². The molecule has 6 heteroatoms. The SMILES string of the molecule is COc1cc2occ(-c3ccc(Cl)cc3)c2cc1/C(C)=C/C(=O)NCCc1c[nH]c2ccccc12. The summed E-state index contributed by atoms with van der Waals surface area (Å²) in [4.78, 5) is 16.0. The average Bonchev–Trinajstić information content (AvgIpc) is 3.47. The van der Waals surface area contributed by atoms with Gasteiger partial charge in [-0.2, -0.15) is 0 Å². The van der Waals surface area contributed by atoms with Crippen LogP contribution in [0, 0.1) is 0 Å². The predicted molar refractivity (Wildman–Crippen MR) is 142 cm³/mol. The summed E-state index contributed by atoms with van der Waals surface area (Å²) in [6.07, 6.45) is 6.09. The van der Waals surface area contributed by atoms with Gasteiger partial charge in [0.1, 0.15) is 11.3 Å². The summed E-state index contributed by atoms with van der Waals surface area (Å²) in [6.45, 7) is 2.45. The van der Waals surface area contributed by atoms with Gasteiger partial charge in [-0.15, -0.1) is 0 Å². The van der Waals surface area contributed by atoms with Crippen LogP contribution < -0.4 is 10.1 Å². The lowest BCUT2D eigenvalue weighted by Gasteiger charge is -2.10. The van der Waals surface area contributed by atoms with E-state index in [1.165, 1.54) is 10.9 Å². The largest absolute Gasteiger partial charge is 0.496 e. The maximum atomic E-state index is 12.7. The van der Waals surface area contributed by atoms with Gasteiger partial charge in [0.05, 0.1) is 13.4 Å². The van der Waals surface area contributed by atoms with Crippen LogP contribution in [0.15, 0.2) is 83.6 Å². The Morgan fingerprint density at radius 2 is 1.91 bits per heavy atom. The molecule has 0 atom stereocenters. The van der Waals surface area contributed by atoms with Crippen molar-refractivity contribution in [1.82, 2.24) is 10.3 Å². The minimum atomic E-state index is -0.144. The molecule has 0 spiro atoms. The van der Waals surface area contributed by atoms with Crippen molar-refractivity contribution in [2.45, 2.75) is 13.3 Å². The molecule has 35 heavy (non-hydrogen) atoms. The summed E-state index contributed by atoms with van der Waals surface area (Å²) < 4.78 is 11.4. The Balaban J connectivity index is 1.36. The number of halogens is 1. The molecular formula is C29H25ClN2O3. The van der Waals surface area contributed by atoms with Gasteiger partial charge < -0.3 is 19.5 Å². The van der Waals surface area contributed by atoms with Gasteiger partial charge in [-0.3, -0.25) is 4.79 Å². The Morgan fingerprint density at radius 1 is 1.11 bits per heavy atom. The summed E-state index contributed by atoms with van der Waals surface area (Å²) in [7, 11) is 1.61. The zero-order valence-corrected chi connectivity index (χ0v) is 20.3. The van der Waals surface area contributed by atoms with E-state index in [1.807, 2.05) is 67.7 Å². The lowest BCUT2D eigenvalue weighted by Crippen LogP contribution is -2.23. The van der Waals surface area contributed by atoms with Crippen LogP contribution in [0.1, 0.15) is 18.1 Å². The van der Waals surface area contributed by atoms with E-state index < -0.39 is 0 Å². The Kier molecular flexibility index (Phi) is 6.34. The maximum absolute atomic E-state index is 12.7. The Bertz CT molecular complexity index is 1540. The smallest absolute Gasteiger partial charge is 0.244 e. The molecule has 5 nitrogen and oxygen atoms in total. The second kappa shape index (κ2) is 9.72. The lowest BCUT2D eigenvalue weighted by molar-refractivity contribution is -0.116. The van der Waals surface area contributed by atoms with Gasteiger partial charge in [0, 0.05) is 57.3 Å². The first-order valence-corrected chi connectivity index (χ1v) is 11.8. The summed E-state index contributed by atoms with van der Waals surface area (Å²) in [5.74, 6) is 0.504. The number of hydrogen-bond acceptors (Lipinski definition) is 3. The van der Waals surface area contributed by atoms with Gasteiger partial charge in [-0.25, -0.2) is 0 Å². The lowest BCUT2D eigenvalue weighted by atomic mass is 9.99. The zero-order valence-electron chi connectivity index (χ0n) is 19.5. The van der Waals surface area contributed by atoms with Gasteiger partial charge in [0.25, 0.3) is 0 Å². The van der Waals surface area contributed by atoms with Crippen molar-refractivity contribution in [2.75, 3.05) is 13.7 Å². The molecule has 0 aliphatic rings. The summed E-state index contributed by atoms with van der Waals surface area (Å²) >= 11 is 6.05. The third-order valence-electron chi connectivity index (χ3n) is 6.19. The summed E-state index contributed by atoms with van der Waals surface area (Å²) in [5.41, 5.74) is 6.59. The van der Waals surface area contributed by atoms with E-state index in [-0.39, 0.29) is 5.91 Å². The number of furan rings is 1. The van der Waals surface area contributed by atoms with Gasteiger partial charge >= 0.3 is 0 Å². The second-order valence-electron chi connectivity index (χ2n) is 8.43. The predicted octanol–water partition coefficient (Wildman–Crippen LogP) is 7.01. The number of fused-ring (bicyclic) bond motifs is 2. The van der Waals surface area contributed by atoms with Crippen LogP contribution in [0.2, 0.25) is 5.02 Å². The fourth-order valence-electron chi connectivity index (χ4n) is 4.37. The van der Waals surface area contributed by atoms with E-state index in [0.717, 1.165) is 39.6 Å². The average molecular weight is 485 g/mol. The van der Waals surface area contributed by atoms with Crippen LogP contribution in [0.4, 0.5) is 0 Å². The first kappa shape index (κ1) is 22.8. The van der Waals surface area contributed by atoms with Crippen LogP contribution in [0.25, 0.3) is 38.6 Å². The minimum Gasteiger partial charge on any atom is -0.496 e. The molecule has 0 aliphatic heterocycles. The maximum Gasteiger partial charge on any atom is 0.244 e. The van der Waals surface area contributed by atoms with E-state index in [4.69, 9.17) is 20.8 Å². The van der Waals surface area contributed by atoms with Crippen LogP contribution in [0.3, 0.4) is 0 Å². The molecule has 5 rings (SSSR count). The number of hydrogen-bond donors (Lipinski definition) is 2. The number of carbonyl (C=O) groups excluding carboxylic acids is 1. The number of rotatable bonds is 7. The number of allylic oxidation sites excluding steroid dienone is 1. The number of benzene rings is 3. The molecule has 2 aromatic heterocycles. The molecular weight excluding hydrogens is 460 g/mol. The molecule has 0 fully saturated rings. The number of para-hydroxylation sites is 1. The molecule has 0 radical (unpaired) electrons. The van der Waals surface area contributed by atoms with Crippen LogP contribution in [-0.2, 0) is 11.2 Å². The van der Waals surface area contributed by atoms with E-state index >= 15 is 0 Å². The van der Waals surface area contributed by atoms with E-state index in [2.05, 4.69) is 16.4 Å². The number of methoxy groups -OCH3 is 1. The molecule has 3 aromatic carbocycles. The number of nitrogens with one attached hydrogen (secondary N) is 2. The molecule has 0 saturated carbocycles. The standard InChI is InChI=1S/C29H25ClN2O3/c1-18(13-29(33)31-12-11-20-16-32-26-6-4-3-5-22(20)26)23-14-24-25(19-7-9-21(30)10-8-19)17-35-28(24)15-27(23)34-2/h3-10,13-17,32H,11-12H2,1-2H3,(H,31,33)/b18-13+. The van der Waals surface area contributed by atoms with Gasteiger partial charge in [-0.05, 0) is 54.3 Å². The molecule has 0 bridgehead atoms. The van der Waals surface area contributed by atoms with Crippen LogP contribution >= 0.6 is 11.6 Å². The highest BCUT2D eigenvalue weighted by Crippen LogP contribution is 2.37. The highest BCUT2D eigenvalue weighted by molar-refractivity contribution is 6.30. The highest BCUT2D eigenvalue weighted by atomic mass is 35.5. The summed E-state index contributed by atoms with van der Waals surface area (Å²) in [5, 5.41) is 5.80. The van der Waals surface area contributed by atoms with Gasteiger partial charge in [0.15, 0.2) is 0 Å². The number of H-pyrrole nitrogens is 1. The van der Waals surface area contributed by atoms with Crippen molar-refractivity contribution >= 4 is 45.0 Å². The zero-order chi connectivity index (χ0) is 24.4. The van der Waals surface area contributed by atoms with Gasteiger partial charge in [-0.1, -0.05) is 41.9 Å². The third kappa shape index (κ3) is 4.68. The third-order valence-corrected chi connectivity index (χ3v) is 6.44. The van der Waals surface area contributed by atoms with E-state index in [9.17, 15) is 4.79 Å². The Morgan fingerprint density at radius 3 is 2.71 bits per heavy atom. The molecule has 5 aromatic rings. The molecule has 0 saturated heterocycles. The Hall–Kier alpha value is -3.96. The second-order valence-corrected chi connectivity index (χ2v) is 8.87. The highest BCUT2D eigenvalue weighted by Gasteiger charge is 2.15. The quantitative estimate of drug-likeness (QED) is 0.244. The van der Waals surface area contributed by atoms with Crippen molar-refractivity contribution in [3.05, 3.63) is 95.3 Å². The fraction of sp³-hybridized carbons (Fsp3) is 0.138. The van der Waals surface area contributed by atoms with Crippen molar-refractivity contribution < 1.29 is 13.9 Å². The summed E-state index contributed by atoms with van der Waals surface area (Å²) in [6, 6.07) is 19.6. The fourth-order valence-corrected chi connectivity index (χ4v) is 4.50. The molecule has 1 amide bonds. The normalized spacial score (nSPS) is 11.8.